The summed E-state index contributed by atoms with van der Waals surface area (Å²) >= 11 is 6.08. The molecule has 0 radical (unpaired) electrons. The van der Waals surface area contributed by atoms with Crippen LogP contribution in [-0.2, 0) is 14.4 Å². The van der Waals surface area contributed by atoms with Gasteiger partial charge in [0.05, 0.1) is 12.3 Å². The van der Waals surface area contributed by atoms with Gasteiger partial charge in [0.1, 0.15) is 17.1 Å². The smallest absolute Gasteiger partial charge is 0.335 e. The van der Waals surface area contributed by atoms with E-state index in [2.05, 4.69) is 10.6 Å². The summed E-state index contributed by atoms with van der Waals surface area (Å²) in [7, 11) is 0. The quantitative estimate of drug-likeness (QED) is 0.319. The number of imide groups is 2. The highest BCUT2D eigenvalue weighted by Crippen LogP contribution is 2.25. The van der Waals surface area contributed by atoms with Gasteiger partial charge in [0.25, 0.3) is 17.7 Å². The molecule has 3 aromatic rings. The van der Waals surface area contributed by atoms with Crippen molar-refractivity contribution >= 4 is 52.8 Å². The van der Waals surface area contributed by atoms with Gasteiger partial charge in [0.15, 0.2) is 6.61 Å². The van der Waals surface area contributed by atoms with Gasteiger partial charge in [-0.3, -0.25) is 19.7 Å². The van der Waals surface area contributed by atoms with Crippen LogP contribution in [0.1, 0.15) is 18.1 Å². The molecule has 1 aliphatic rings. The van der Waals surface area contributed by atoms with Crippen molar-refractivity contribution in [2.45, 2.75) is 13.8 Å². The standard InChI is InChI=1S/C28H24ClN3O6/c1-3-37-21-12-8-20(9-13-21)32-27(35)23(26(34)31-28(32)36)14-18-5-10-22(11-6-18)38-16-25(33)30-19-7-4-17(2)24(29)15-19/h4-15H,3,16H2,1-2H3,(H,30,33)(H,31,34,36)/b23-14+. The van der Waals surface area contributed by atoms with Crippen LogP contribution < -0.4 is 25.0 Å². The van der Waals surface area contributed by atoms with Gasteiger partial charge >= 0.3 is 6.03 Å². The highest BCUT2D eigenvalue weighted by molar-refractivity contribution is 6.39. The highest BCUT2D eigenvalue weighted by Gasteiger charge is 2.36. The topological polar surface area (TPSA) is 114 Å². The fraction of sp³-hybridized carbons (Fsp3) is 0.143. The van der Waals surface area contributed by atoms with E-state index in [-0.39, 0.29) is 18.1 Å². The summed E-state index contributed by atoms with van der Waals surface area (Å²) in [6.07, 6.45) is 1.38. The number of carbonyl (C=O) groups excluding carboxylic acids is 4. The van der Waals surface area contributed by atoms with E-state index in [0.717, 1.165) is 10.5 Å². The number of nitrogens with zero attached hydrogens (tertiary/aromatic N) is 1. The molecule has 0 aliphatic carbocycles. The zero-order valence-electron chi connectivity index (χ0n) is 20.6. The molecule has 5 amide bonds. The van der Waals surface area contributed by atoms with Crippen LogP contribution in [0.5, 0.6) is 11.5 Å². The van der Waals surface area contributed by atoms with Crippen LogP contribution >= 0.6 is 11.6 Å². The monoisotopic (exact) mass is 533 g/mol. The zero-order chi connectivity index (χ0) is 27.2. The van der Waals surface area contributed by atoms with E-state index in [1.807, 2.05) is 13.8 Å². The van der Waals surface area contributed by atoms with Gasteiger partial charge in [-0.25, -0.2) is 9.69 Å². The Hall–Kier alpha value is -4.63. The van der Waals surface area contributed by atoms with Crippen LogP contribution in [0.25, 0.3) is 6.08 Å². The van der Waals surface area contributed by atoms with E-state index in [1.165, 1.54) is 6.08 Å². The van der Waals surface area contributed by atoms with Crippen LogP contribution in [0.3, 0.4) is 0 Å². The Morgan fingerprint density at radius 3 is 2.29 bits per heavy atom. The first-order valence-electron chi connectivity index (χ1n) is 11.7. The number of anilines is 2. The number of hydrogen-bond donors (Lipinski definition) is 2. The molecule has 194 valence electrons. The van der Waals surface area contributed by atoms with Gasteiger partial charge in [-0.05, 0) is 79.6 Å². The number of halogens is 1. The summed E-state index contributed by atoms with van der Waals surface area (Å²) in [5.74, 6) is -0.909. The summed E-state index contributed by atoms with van der Waals surface area (Å²) in [6, 6.07) is 17.2. The van der Waals surface area contributed by atoms with Crippen molar-refractivity contribution in [2.24, 2.45) is 0 Å². The molecule has 0 atom stereocenters. The third-order valence-electron chi connectivity index (χ3n) is 5.52. The third kappa shape index (κ3) is 6.19. The number of aryl methyl sites for hydroxylation is 1. The Labute approximate surface area is 224 Å². The Bertz CT molecular complexity index is 1420. The van der Waals surface area contributed by atoms with Crippen molar-refractivity contribution in [3.05, 3.63) is 88.5 Å². The fourth-order valence-electron chi connectivity index (χ4n) is 3.59. The molecule has 1 saturated heterocycles. The minimum absolute atomic E-state index is 0.205. The number of urea groups is 1. The normalized spacial score (nSPS) is 14.3. The van der Waals surface area contributed by atoms with Crippen molar-refractivity contribution in [1.29, 1.82) is 0 Å². The molecule has 0 spiro atoms. The molecule has 38 heavy (non-hydrogen) atoms. The molecule has 3 aromatic carbocycles. The summed E-state index contributed by atoms with van der Waals surface area (Å²) in [5.41, 5.74) is 2.08. The van der Waals surface area contributed by atoms with E-state index in [9.17, 15) is 19.2 Å². The molecular formula is C28H24ClN3O6. The van der Waals surface area contributed by atoms with Crippen molar-refractivity contribution in [3.8, 4) is 11.5 Å². The first-order chi connectivity index (χ1) is 18.2. The van der Waals surface area contributed by atoms with Crippen LogP contribution in [0.15, 0.2) is 72.3 Å². The maximum atomic E-state index is 13.1. The Morgan fingerprint density at radius 1 is 0.974 bits per heavy atom. The lowest BCUT2D eigenvalue weighted by molar-refractivity contribution is -0.122. The van der Waals surface area contributed by atoms with Crippen molar-refractivity contribution in [3.63, 3.8) is 0 Å². The van der Waals surface area contributed by atoms with Gasteiger partial charge in [0, 0.05) is 10.7 Å². The van der Waals surface area contributed by atoms with Gasteiger partial charge in [-0.2, -0.15) is 0 Å². The molecule has 9 nitrogen and oxygen atoms in total. The minimum Gasteiger partial charge on any atom is -0.494 e. The lowest BCUT2D eigenvalue weighted by Gasteiger charge is -2.26. The summed E-state index contributed by atoms with van der Waals surface area (Å²) in [5, 5.41) is 5.44. The van der Waals surface area contributed by atoms with Crippen molar-refractivity contribution in [2.75, 3.05) is 23.4 Å². The van der Waals surface area contributed by atoms with Gasteiger partial charge in [0.2, 0.25) is 0 Å². The fourth-order valence-corrected chi connectivity index (χ4v) is 3.77. The Balaban J connectivity index is 1.41. The van der Waals surface area contributed by atoms with E-state index >= 15 is 0 Å². The number of hydrogen-bond acceptors (Lipinski definition) is 6. The number of amides is 5. The van der Waals surface area contributed by atoms with Gasteiger partial charge in [-0.15, -0.1) is 0 Å². The number of benzene rings is 3. The number of carbonyl (C=O) groups is 4. The highest BCUT2D eigenvalue weighted by atomic mass is 35.5. The average Bonchev–Trinajstić information content (AvgIpc) is 2.89. The zero-order valence-corrected chi connectivity index (χ0v) is 21.4. The maximum Gasteiger partial charge on any atom is 0.335 e. The Morgan fingerprint density at radius 2 is 1.63 bits per heavy atom. The maximum absolute atomic E-state index is 13.1. The van der Waals surface area contributed by atoms with Crippen molar-refractivity contribution < 1.29 is 28.7 Å². The molecule has 0 unspecified atom stereocenters. The van der Waals surface area contributed by atoms with Crippen LogP contribution in [0.4, 0.5) is 16.2 Å². The first-order valence-corrected chi connectivity index (χ1v) is 12.1. The van der Waals surface area contributed by atoms with Crippen LogP contribution in [0.2, 0.25) is 5.02 Å². The molecule has 0 aromatic heterocycles. The Kier molecular flexibility index (Phi) is 8.08. The minimum atomic E-state index is -0.837. The lowest BCUT2D eigenvalue weighted by atomic mass is 10.1. The molecule has 10 heteroatoms. The predicted octanol–water partition coefficient (Wildman–Crippen LogP) is 4.73. The second-order valence-corrected chi connectivity index (χ2v) is 8.66. The van der Waals surface area contributed by atoms with Crippen LogP contribution in [-0.4, -0.2) is 37.0 Å². The summed E-state index contributed by atoms with van der Waals surface area (Å²) in [6.45, 7) is 3.96. The molecule has 0 bridgehead atoms. The predicted molar refractivity (Wildman–Crippen MR) is 143 cm³/mol. The number of rotatable bonds is 8. The second kappa shape index (κ2) is 11.6. The summed E-state index contributed by atoms with van der Waals surface area (Å²) in [4.78, 5) is 51.0. The van der Waals surface area contributed by atoms with E-state index < -0.39 is 17.8 Å². The molecular weight excluding hydrogens is 510 g/mol. The SMILES string of the molecule is CCOc1ccc(N2C(=O)NC(=O)/C(=C\c3ccc(OCC(=O)Nc4ccc(C)c(Cl)c4)cc3)C2=O)cc1. The molecule has 1 fully saturated rings. The molecule has 1 aliphatic heterocycles. The first kappa shape index (κ1) is 26.4. The second-order valence-electron chi connectivity index (χ2n) is 8.25. The van der Waals surface area contributed by atoms with Crippen molar-refractivity contribution in [1.82, 2.24) is 5.32 Å². The number of barbiturate groups is 1. The molecule has 0 saturated carbocycles. The lowest BCUT2D eigenvalue weighted by Crippen LogP contribution is -2.54. The number of ether oxygens (including phenoxy) is 2. The van der Waals surface area contributed by atoms with Gasteiger partial charge in [-0.1, -0.05) is 29.8 Å². The van der Waals surface area contributed by atoms with Gasteiger partial charge < -0.3 is 14.8 Å². The largest absolute Gasteiger partial charge is 0.494 e. The van der Waals surface area contributed by atoms with Crippen LogP contribution in [0, 0.1) is 6.92 Å². The molecule has 1 heterocycles. The van der Waals surface area contributed by atoms with E-state index in [0.29, 0.717) is 40.1 Å². The van der Waals surface area contributed by atoms with E-state index in [4.69, 9.17) is 21.1 Å². The third-order valence-corrected chi connectivity index (χ3v) is 5.93. The summed E-state index contributed by atoms with van der Waals surface area (Å²) < 4.78 is 10.9. The molecule has 4 rings (SSSR count). The average molecular weight is 534 g/mol. The van der Waals surface area contributed by atoms with E-state index in [1.54, 1.807) is 66.7 Å². The molecule has 2 N–H and O–H groups in total. The number of nitrogens with one attached hydrogen (secondary N) is 2.